The third-order valence-corrected chi connectivity index (χ3v) is 5.33. The Bertz CT molecular complexity index is 881. The maximum atomic E-state index is 12.9. The largest absolute Gasteiger partial charge is 0.335 e. The molecular weight excluding hydrogens is 364 g/mol. The van der Waals surface area contributed by atoms with E-state index in [1.807, 2.05) is 39.8 Å². The van der Waals surface area contributed by atoms with Gasteiger partial charge in [-0.1, -0.05) is 37.7 Å². The highest BCUT2D eigenvalue weighted by Gasteiger charge is 2.17. The van der Waals surface area contributed by atoms with Gasteiger partial charge in [0.1, 0.15) is 0 Å². The second kappa shape index (κ2) is 9.55. The molecule has 2 atom stereocenters. The first-order valence-corrected chi connectivity index (χ1v) is 10.1. The van der Waals surface area contributed by atoms with Gasteiger partial charge in [0.05, 0.1) is 16.7 Å². The summed E-state index contributed by atoms with van der Waals surface area (Å²) >= 11 is 1.15. The third-order valence-electron chi connectivity index (χ3n) is 4.38. The van der Waals surface area contributed by atoms with Crippen molar-refractivity contribution >= 4 is 34.6 Å². The summed E-state index contributed by atoms with van der Waals surface area (Å²) in [4.78, 5) is 41.3. The maximum Gasteiger partial charge on any atom is 0.321 e. The average molecular weight is 391 g/mol. The summed E-state index contributed by atoms with van der Waals surface area (Å²) in [5.41, 5.74) is 0.479. The first-order chi connectivity index (χ1) is 12.9. The second-order valence-electron chi connectivity index (χ2n) is 6.46. The van der Waals surface area contributed by atoms with Gasteiger partial charge in [0, 0.05) is 12.1 Å². The van der Waals surface area contributed by atoms with Crippen LogP contribution in [0, 0.1) is 0 Å². The molecule has 1 aromatic carbocycles. The molecule has 0 spiro atoms. The van der Waals surface area contributed by atoms with Crippen molar-refractivity contribution in [1.82, 2.24) is 20.2 Å². The van der Waals surface area contributed by atoms with Gasteiger partial charge in [0.2, 0.25) is 5.91 Å². The molecule has 1 aromatic heterocycles. The number of nitrogens with zero attached hydrogens (tertiary/aromatic N) is 2. The molecule has 1 heterocycles. The number of amides is 3. The molecule has 0 aliphatic carbocycles. The number of carbonyl (C=O) groups excluding carboxylic acids is 2. The Balaban J connectivity index is 2.19. The van der Waals surface area contributed by atoms with E-state index in [1.165, 1.54) is 0 Å². The first kappa shape index (κ1) is 21.0. The molecule has 0 bridgehead atoms. The summed E-state index contributed by atoms with van der Waals surface area (Å²) in [5, 5.41) is 6.02. The van der Waals surface area contributed by atoms with Crippen LogP contribution < -0.4 is 16.2 Å². The lowest BCUT2D eigenvalue weighted by atomic mass is 10.2. The monoisotopic (exact) mass is 390 g/mol. The van der Waals surface area contributed by atoms with Gasteiger partial charge in [-0.25, -0.2) is 9.78 Å². The van der Waals surface area contributed by atoms with Crippen LogP contribution in [-0.2, 0) is 4.79 Å². The molecule has 2 aromatic rings. The molecule has 0 radical (unpaired) electrons. The summed E-state index contributed by atoms with van der Waals surface area (Å²) in [7, 11) is 0. The number of hydrogen-bond acceptors (Lipinski definition) is 5. The Morgan fingerprint density at radius 2 is 1.89 bits per heavy atom. The highest BCUT2D eigenvalue weighted by Crippen LogP contribution is 2.22. The van der Waals surface area contributed by atoms with E-state index in [4.69, 9.17) is 0 Å². The number of fused-ring (bicyclic) bond motifs is 1. The van der Waals surface area contributed by atoms with E-state index in [0.717, 1.165) is 24.6 Å². The second-order valence-corrected chi connectivity index (χ2v) is 7.41. The summed E-state index contributed by atoms with van der Waals surface area (Å²) in [6.07, 6.45) is 1.54. The van der Waals surface area contributed by atoms with Crippen molar-refractivity contribution in [2.24, 2.45) is 0 Å². The number of urea groups is 1. The molecule has 0 saturated carbocycles. The Labute approximate surface area is 162 Å². The van der Waals surface area contributed by atoms with Crippen molar-refractivity contribution in [3.63, 3.8) is 0 Å². The normalized spacial score (nSPS) is 13.2. The summed E-state index contributed by atoms with van der Waals surface area (Å²) in [6.45, 7) is 7.75. The van der Waals surface area contributed by atoms with E-state index in [1.54, 1.807) is 16.7 Å². The summed E-state index contributed by atoms with van der Waals surface area (Å²) in [6, 6.07) is 6.59. The number of aromatic nitrogens is 2. The molecule has 0 saturated heterocycles. The average Bonchev–Trinajstić information content (AvgIpc) is 2.65. The van der Waals surface area contributed by atoms with Gasteiger partial charge < -0.3 is 5.32 Å². The molecular formula is C19H26N4O3S. The van der Waals surface area contributed by atoms with Crippen LogP contribution in [0.25, 0.3) is 10.9 Å². The molecule has 7 nitrogen and oxygen atoms in total. The van der Waals surface area contributed by atoms with Crippen LogP contribution in [0.3, 0.4) is 0 Å². The molecule has 27 heavy (non-hydrogen) atoms. The highest BCUT2D eigenvalue weighted by atomic mass is 32.2. The number of benzene rings is 1. The molecule has 8 heteroatoms. The van der Waals surface area contributed by atoms with Crippen molar-refractivity contribution in [1.29, 1.82) is 0 Å². The minimum Gasteiger partial charge on any atom is -0.335 e. The Hall–Kier alpha value is -2.35. The minimum atomic E-state index is -0.513. The number of nitrogens with one attached hydrogen (secondary N) is 2. The van der Waals surface area contributed by atoms with Crippen molar-refractivity contribution in [2.75, 3.05) is 5.75 Å². The molecule has 2 rings (SSSR count). The molecule has 2 N–H and O–H groups in total. The number of para-hydroxylation sites is 1. The molecule has 0 aliphatic heterocycles. The Morgan fingerprint density at radius 1 is 1.19 bits per heavy atom. The number of hydrogen-bond donors (Lipinski definition) is 2. The lowest BCUT2D eigenvalue weighted by Gasteiger charge is -2.18. The van der Waals surface area contributed by atoms with Crippen molar-refractivity contribution in [3.05, 3.63) is 34.6 Å². The fourth-order valence-corrected chi connectivity index (χ4v) is 3.35. The number of rotatable bonds is 7. The van der Waals surface area contributed by atoms with E-state index in [9.17, 15) is 14.4 Å². The SMILES string of the molecule is CC[C@@H](C)n1c(SCC(=O)NC(=O)N[C@@H](C)CC)nc2ccccc2c1=O. The van der Waals surface area contributed by atoms with Crippen molar-refractivity contribution < 1.29 is 9.59 Å². The smallest absolute Gasteiger partial charge is 0.321 e. The van der Waals surface area contributed by atoms with Gasteiger partial charge in [0.25, 0.3) is 5.56 Å². The lowest BCUT2D eigenvalue weighted by molar-refractivity contribution is -0.117. The number of carbonyl (C=O) groups is 2. The van der Waals surface area contributed by atoms with Crippen LogP contribution in [0.15, 0.2) is 34.2 Å². The van der Waals surface area contributed by atoms with E-state index < -0.39 is 11.9 Å². The Kier molecular flexibility index (Phi) is 7.41. The predicted molar refractivity (Wildman–Crippen MR) is 108 cm³/mol. The standard InChI is InChI=1S/C19H26N4O3S/c1-5-12(3)20-18(26)22-16(24)11-27-19-21-15-10-8-7-9-14(15)17(25)23(19)13(4)6-2/h7-10,12-13H,5-6,11H2,1-4H3,(H2,20,22,24,26)/t12-,13+/m0/s1. The predicted octanol–water partition coefficient (Wildman–Crippen LogP) is 3.08. The fourth-order valence-electron chi connectivity index (χ4n) is 2.45. The van der Waals surface area contributed by atoms with Crippen LogP contribution in [-0.4, -0.2) is 33.3 Å². The van der Waals surface area contributed by atoms with E-state index in [-0.39, 0.29) is 23.4 Å². The van der Waals surface area contributed by atoms with Gasteiger partial charge in [-0.15, -0.1) is 0 Å². The first-order valence-electron chi connectivity index (χ1n) is 9.11. The minimum absolute atomic E-state index is 0.00482. The van der Waals surface area contributed by atoms with Gasteiger partial charge in [-0.2, -0.15) is 0 Å². The molecule has 0 aliphatic rings. The molecule has 0 fully saturated rings. The quantitative estimate of drug-likeness (QED) is 0.560. The van der Waals surface area contributed by atoms with Crippen LogP contribution >= 0.6 is 11.8 Å². The van der Waals surface area contributed by atoms with Gasteiger partial charge in [-0.3, -0.25) is 19.5 Å². The zero-order chi connectivity index (χ0) is 20.0. The Morgan fingerprint density at radius 3 is 2.56 bits per heavy atom. The maximum absolute atomic E-state index is 12.9. The zero-order valence-corrected chi connectivity index (χ0v) is 16.9. The number of imide groups is 1. The summed E-state index contributed by atoms with van der Waals surface area (Å²) < 4.78 is 1.62. The summed E-state index contributed by atoms with van der Waals surface area (Å²) in [5.74, 6) is -0.436. The van der Waals surface area contributed by atoms with Crippen LogP contribution in [0.4, 0.5) is 4.79 Å². The number of thioether (sulfide) groups is 1. The van der Waals surface area contributed by atoms with Gasteiger partial charge in [-0.05, 0) is 38.8 Å². The molecule has 3 amide bonds. The topological polar surface area (TPSA) is 93.1 Å². The van der Waals surface area contributed by atoms with Crippen molar-refractivity contribution in [3.8, 4) is 0 Å². The van der Waals surface area contributed by atoms with Gasteiger partial charge >= 0.3 is 6.03 Å². The van der Waals surface area contributed by atoms with E-state index in [2.05, 4.69) is 15.6 Å². The third kappa shape index (κ3) is 5.32. The fraction of sp³-hybridized carbons (Fsp3) is 0.474. The van der Waals surface area contributed by atoms with Crippen molar-refractivity contribution in [2.45, 2.75) is 57.8 Å². The van der Waals surface area contributed by atoms with Crippen LogP contribution in [0.5, 0.6) is 0 Å². The van der Waals surface area contributed by atoms with Gasteiger partial charge in [0.15, 0.2) is 5.16 Å². The molecule has 0 unspecified atom stereocenters. The highest BCUT2D eigenvalue weighted by molar-refractivity contribution is 7.99. The van der Waals surface area contributed by atoms with E-state index >= 15 is 0 Å². The van der Waals surface area contributed by atoms with Crippen LogP contribution in [0.2, 0.25) is 0 Å². The van der Waals surface area contributed by atoms with Crippen LogP contribution in [0.1, 0.15) is 46.6 Å². The lowest BCUT2D eigenvalue weighted by Crippen LogP contribution is -2.44. The van der Waals surface area contributed by atoms with E-state index in [0.29, 0.717) is 16.1 Å². The zero-order valence-electron chi connectivity index (χ0n) is 16.1. The molecule has 146 valence electrons.